The second-order valence-electron chi connectivity index (χ2n) is 3.73. The summed E-state index contributed by atoms with van der Waals surface area (Å²) >= 11 is 0. The zero-order valence-electron chi connectivity index (χ0n) is 9.10. The maximum atomic E-state index is 10.9. The minimum absolute atomic E-state index is 0.0574. The highest BCUT2D eigenvalue weighted by molar-refractivity contribution is 5.90. The molecule has 15 heavy (non-hydrogen) atoms. The first-order chi connectivity index (χ1) is 7.02. The Hall–Kier alpha value is -1.58. The molecule has 1 aromatic heterocycles. The van der Waals surface area contributed by atoms with Crippen LogP contribution in [0.3, 0.4) is 0 Å². The highest BCUT2D eigenvalue weighted by atomic mass is 16.5. The Bertz CT molecular complexity index is 349. The van der Waals surface area contributed by atoms with E-state index in [-0.39, 0.29) is 17.5 Å². The summed E-state index contributed by atoms with van der Waals surface area (Å²) in [7, 11) is 0. The predicted molar refractivity (Wildman–Crippen MR) is 56.1 cm³/mol. The number of ether oxygens (including phenoxy) is 1. The second-order valence-corrected chi connectivity index (χ2v) is 3.73. The van der Waals surface area contributed by atoms with E-state index in [4.69, 9.17) is 9.84 Å². The van der Waals surface area contributed by atoms with E-state index in [9.17, 15) is 4.79 Å². The predicted octanol–water partition coefficient (Wildman–Crippen LogP) is 2.20. The molecule has 0 saturated heterocycles. The van der Waals surface area contributed by atoms with Crippen LogP contribution in [0.25, 0.3) is 0 Å². The van der Waals surface area contributed by atoms with Crippen molar-refractivity contribution < 1.29 is 14.6 Å². The number of rotatable bonds is 4. The Balaban J connectivity index is 2.89. The van der Waals surface area contributed by atoms with Gasteiger partial charge in [-0.25, -0.2) is 9.78 Å². The second kappa shape index (κ2) is 4.77. The number of nitrogens with zero attached hydrogens (tertiary/aromatic N) is 1. The van der Waals surface area contributed by atoms with E-state index in [0.717, 1.165) is 0 Å². The first kappa shape index (κ1) is 11.5. The lowest BCUT2D eigenvalue weighted by molar-refractivity contribution is 0.0685. The SMILES string of the molecule is CC(C)C(C)Oc1ncccc1C(=O)O. The van der Waals surface area contributed by atoms with Crippen molar-refractivity contribution in [1.29, 1.82) is 0 Å². The lowest BCUT2D eigenvalue weighted by Crippen LogP contribution is -2.20. The van der Waals surface area contributed by atoms with Crippen LogP contribution in [0, 0.1) is 5.92 Å². The molecular formula is C11H15NO3. The van der Waals surface area contributed by atoms with E-state index in [1.165, 1.54) is 12.3 Å². The molecular weight excluding hydrogens is 194 g/mol. The molecule has 1 heterocycles. The van der Waals surface area contributed by atoms with Gasteiger partial charge in [0.05, 0.1) is 6.10 Å². The van der Waals surface area contributed by atoms with Crippen LogP contribution in [0.15, 0.2) is 18.3 Å². The Kier molecular flexibility index (Phi) is 3.66. The molecule has 0 aliphatic carbocycles. The fraction of sp³-hybridized carbons (Fsp3) is 0.455. The van der Waals surface area contributed by atoms with Crippen molar-refractivity contribution in [2.75, 3.05) is 0 Å². The van der Waals surface area contributed by atoms with Gasteiger partial charge in [-0.05, 0) is 25.0 Å². The molecule has 4 heteroatoms. The summed E-state index contributed by atoms with van der Waals surface area (Å²) in [6.07, 6.45) is 1.47. The topological polar surface area (TPSA) is 59.4 Å². The Labute approximate surface area is 88.9 Å². The number of pyridine rings is 1. The highest BCUT2D eigenvalue weighted by Crippen LogP contribution is 2.18. The summed E-state index contributed by atoms with van der Waals surface area (Å²) in [5.41, 5.74) is 0.102. The van der Waals surface area contributed by atoms with Gasteiger partial charge in [0.25, 0.3) is 0 Å². The van der Waals surface area contributed by atoms with Gasteiger partial charge in [0, 0.05) is 6.20 Å². The van der Waals surface area contributed by atoms with Crippen molar-refractivity contribution >= 4 is 5.97 Å². The summed E-state index contributed by atoms with van der Waals surface area (Å²) in [5.74, 6) is -0.520. The molecule has 1 unspecified atom stereocenters. The summed E-state index contributed by atoms with van der Waals surface area (Å²) in [5, 5.41) is 8.90. The van der Waals surface area contributed by atoms with Gasteiger partial charge in [0.1, 0.15) is 5.56 Å². The molecule has 0 aliphatic heterocycles. The summed E-state index contributed by atoms with van der Waals surface area (Å²) in [6.45, 7) is 5.91. The van der Waals surface area contributed by atoms with Gasteiger partial charge in [-0.3, -0.25) is 0 Å². The molecule has 0 spiro atoms. The summed E-state index contributed by atoms with van der Waals surface area (Å²) in [6, 6.07) is 3.06. The van der Waals surface area contributed by atoms with Gasteiger partial charge >= 0.3 is 5.97 Å². The molecule has 0 aliphatic rings. The average molecular weight is 209 g/mol. The molecule has 0 bridgehead atoms. The average Bonchev–Trinajstić information content (AvgIpc) is 2.18. The molecule has 0 saturated carbocycles. The van der Waals surface area contributed by atoms with Crippen molar-refractivity contribution in [2.45, 2.75) is 26.9 Å². The van der Waals surface area contributed by atoms with E-state index < -0.39 is 5.97 Å². The molecule has 0 amide bonds. The largest absolute Gasteiger partial charge is 0.477 e. The van der Waals surface area contributed by atoms with Crippen LogP contribution in [0.4, 0.5) is 0 Å². The van der Waals surface area contributed by atoms with Gasteiger partial charge in [-0.15, -0.1) is 0 Å². The van der Waals surface area contributed by atoms with E-state index in [2.05, 4.69) is 4.98 Å². The van der Waals surface area contributed by atoms with Crippen LogP contribution in [-0.4, -0.2) is 22.2 Å². The Morgan fingerprint density at radius 2 is 2.13 bits per heavy atom. The highest BCUT2D eigenvalue weighted by Gasteiger charge is 2.16. The zero-order valence-corrected chi connectivity index (χ0v) is 9.10. The van der Waals surface area contributed by atoms with E-state index in [1.54, 1.807) is 6.07 Å². The van der Waals surface area contributed by atoms with Crippen LogP contribution in [0.2, 0.25) is 0 Å². The van der Waals surface area contributed by atoms with Crippen LogP contribution in [0.1, 0.15) is 31.1 Å². The third-order valence-electron chi connectivity index (χ3n) is 2.24. The van der Waals surface area contributed by atoms with Crippen molar-refractivity contribution in [2.24, 2.45) is 5.92 Å². The van der Waals surface area contributed by atoms with Crippen LogP contribution in [-0.2, 0) is 0 Å². The Morgan fingerprint density at radius 3 is 2.67 bits per heavy atom. The van der Waals surface area contributed by atoms with E-state index in [1.807, 2.05) is 20.8 Å². The molecule has 82 valence electrons. The molecule has 1 N–H and O–H groups in total. The molecule has 1 atom stereocenters. The lowest BCUT2D eigenvalue weighted by atomic mass is 10.1. The minimum Gasteiger partial charge on any atom is -0.477 e. The van der Waals surface area contributed by atoms with Crippen LogP contribution in [0.5, 0.6) is 5.88 Å². The fourth-order valence-electron chi connectivity index (χ4n) is 0.960. The minimum atomic E-state index is -1.02. The molecule has 0 radical (unpaired) electrons. The third-order valence-corrected chi connectivity index (χ3v) is 2.24. The monoisotopic (exact) mass is 209 g/mol. The summed E-state index contributed by atoms with van der Waals surface area (Å²) < 4.78 is 5.48. The summed E-state index contributed by atoms with van der Waals surface area (Å²) in [4.78, 5) is 14.8. The number of aromatic nitrogens is 1. The smallest absolute Gasteiger partial charge is 0.341 e. The van der Waals surface area contributed by atoms with Crippen molar-refractivity contribution in [3.05, 3.63) is 23.9 Å². The van der Waals surface area contributed by atoms with Crippen molar-refractivity contribution in [3.8, 4) is 5.88 Å². The number of aromatic carboxylic acids is 1. The van der Waals surface area contributed by atoms with Gasteiger partial charge in [0.15, 0.2) is 0 Å². The first-order valence-corrected chi connectivity index (χ1v) is 4.87. The van der Waals surface area contributed by atoms with Gasteiger partial charge in [0.2, 0.25) is 5.88 Å². The maximum absolute atomic E-state index is 10.9. The fourth-order valence-corrected chi connectivity index (χ4v) is 0.960. The van der Waals surface area contributed by atoms with Crippen molar-refractivity contribution in [3.63, 3.8) is 0 Å². The van der Waals surface area contributed by atoms with Crippen molar-refractivity contribution in [1.82, 2.24) is 4.98 Å². The zero-order chi connectivity index (χ0) is 11.4. The van der Waals surface area contributed by atoms with Crippen LogP contribution < -0.4 is 4.74 Å². The molecule has 1 aromatic rings. The maximum Gasteiger partial charge on any atom is 0.341 e. The molecule has 4 nitrogen and oxygen atoms in total. The third kappa shape index (κ3) is 2.94. The van der Waals surface area contributed by atoms with E-state index in [0.29, 0.717) is 5.92 Å². The number of hydrogen-bond acceptors (Lipinski definition) is 3. The van der Waals surface area contributed by atoms with Gasteiger partial charge in [-0.2, -0.15) is 0 Å². The number of carboxylic acid groups (broad SMARTS) is 1. The molecule has 0 aromatic carbocycles. The molecule has 0 fully saturated rings. The normalized spacial score (nSPS) is 12.5. The van der Waals surface area contributed by atoms with Crippen LogP contribution >= 0.6 is 0 Å². The Morgan fingerprint density at radius 1 is 1.47 bits per heavy atom. The lowest BCUT2D eigenvalue weighted by Gasteiger charge is -2.17. The van der Waals surface area contributed by atoms with E-state index >= 15 is 0 Å². The number of carboxylic acids is 1. The molecule has 1 rings (SSSR count). The van der Waals surface area contributed by atoms with Gasteiger partial charge < -0.3 is 9.84 Å². The standard InChI is InChI=1S/C11H15NO3/c1-7(2)8(3)15-10-9(11(13)14)5-4-6-12-10/h4-8H,1-3H3,(H,13,14). The van der Waals surface area contributed by atoms with Gasteiger partial charge in [-0.1, -0.05) is 13.8 Å². The quantitative estimate of drug-likeness (QED) is 0.825. The first-order valence-electron chi connectivity index (χ1n) is 4.87. The number of hydrogen-bond donors (Lipinski definition) is 1. The number of carbonyl (C=O) groups is 1.